The monoisotopic (exact) mass is 487 g/mol. The fraction of sp³-hybridized carbons (Fsp3) is 0.111. The minimum Gasteiger partial charge on any atom is -0.497 e. The molecule has 3 aromatic carbocycles. The number of nitrogens with one attached hydrogen (secondary N) is 1. The summed E-state index contributed by atoms with van der Waals surface area (Å²) in [5.74, 6) is 0.176. The first-order valence-electron chi connectivity index (χ1n) is 11.0. The molecule has 0 fully saturated rings. The average molecular weight is 488 g/mol. The maximum Gasteiger partial charge on any atom is 0.264 e. The van der Waals surface area contributed by atoms with Crippen LogP contribution in [-0.4, -0.2) is 26.4 Å². The van der Waals surface area contributed by atoms with Crippen molar-refractivity contribution in [2.24, 2.45) is 0 Å². The second-order valence-corrected chi connectivity index (χ2v) is 9.59. The van der Waals surface area contributed by atoms with Crippen molar-refractivity contribution >= 4 is 21.6 Å². The van der Waals surface area contributed by atoms with Gasteiger partial charge in [0.05, 0.1) is 29.8 Å². The van der Waals surface area contributed by atoms with Gasteiger partial charge in [0.25, 0.3) is 15.9 Å². The summed E-state index contributed by atoms with van der Waals surface area (Å²) in [6.45, 7) is 0.351. The van der Waals surface area contributed by atoms with Crippen LogP contribution in [0, 0.1) is 0 Å². The van der Waals surface area contributed by atoms with Gasteiger partial charge in [0.2, 0.25) is 0 Å². The fourth-order valence-electron chi connectivity index (χ4n) is 3.59. The molecule has 1 heterocycles. The van der Waals surface area contributed by atoms with Crippen LogP contribution in [0.4, 0.5) is 5.69 Å². The highest BCUT2D eigenvalue weighted by atomic mass is 32.2. The molecule has 0 radical (unpaired) electrons. The molecule has 178 valence electrons. The van der Waals surface area contributed by atoms with E-state index < -0.39 is 10.0 Å². The Balaban J connectivity index is 1.72. The minimum absolute atomic E-state index is 0.0594. The van der Waals surface area contributed by atoms with Gasteiger partial charge < -0.3 is 10.1 Å². The Morgan fingerprint density at radius 2 is 1.51 bits per heavy atom. The van der Waals surface area contributed by atoms with Crippen molar-refractivity contribution < 1.29 is 17.9 Å². The van der Waals surface area contributed by atoms with Crippen LogP contribution in [0.1, 0.15) is 21.5 Å². The van der Waals surface area contributed by atoms with Crippen molar-refractivity contribution in [1.29, 1.82) is 0 Å². The normalized spacial score (nSPS) is 11.0. The van der Waals surface area contributed by atoms with E-state index in [9.17, 15) is 13.2 Å². The van der Waals surface area contributed by atoms with Crippen molar-refractivity contribution in [3.05, 3.63) is 120 Å². The number of para-hydroxylation sites is 1. The number of hydrogen-bond donors (Lipinski definition) is 1. The Kier molecular flexibility index (Phi) is 7.42. The molecule has 0 unspecified atom stereocenters. The molecule has 0 aliphatic carbocycles. The third kappa shape index (κ3) is 5.67. The lowest BCUT2D eigenvalue weighted by molar-refractivity contribution is 0.0951. The van der Waals surface area contributed by atoms with Crippen molar-refractivity contribution in [3.8, 4) is 5.75 Å². The highest BCUT2D eigenvalue weighted by molar-refractivity contribution is 7.92. The molecule has 1 amide bonds. The topological polar surface area (TPSA) is 88.6 Å². The summed E-state index contributed by atoms with van der Waals surface area (Å²) in [6, 6.07) is 25.8. The zero-order valence-corrected chi connectivity index (χ0v) is 20.0. The molecular formula is C27H25N3O4S. The van der Waals surface area contributed by atoms with E-state index in [1.54, 1.807) is 48.8 Å². The lowest BCUT2D eigenvalue weighted by Crippen LogP contribution is -2.33. The third-order valence-corrected chi connectivity index (χ3v) is 7.21. The maximum absolute atomic E-state index is 13.8. The summed E-state index contributed by atoms with van der Waals surface area (Å²) >= 11 is 0. The van der Waals surface area contributed by atoms with Crippen molar-refractivity contribution in [1.82, 2.24) is 10.3 Å². The number of hydrogen-bond acceptors (Lipinski definition) is 5. The SMILES string of the molecule is COc1ccc(S(=O)(=O)N(Cc2ccccc2)c2ccccc2C(=O)NCc2ccncc2)cc1. The van der Waals surface area contributed by atoms with Crippen LogP contribution in [0.5, 0.6) is 5.75 Å². The number of aromatic nitrogens is 1. The smallest absolute Gasteiger partial charge is 0.264 e. The number of amides is 1. The zero-order valence-electron chi connectivity index (χ0n) is 19.2. The summed E-state index contributed by atoms with van der Waals surface area (Å²) in [5, 5.41) is 2.88. The molecule has 4 aromatic rings. The lowest BCUT2D eigenvalue weighted by Gasteiger charge is -2.26. The number of methoxy groups -OCH3 is 1. The van der Waals surface area contributed by atoms with Gasteiger partial charge in [0.1, 0.15) is 5.75 Å². The van der Waals surface area contributed by atoms with Gasteiger partial charge in [0.15, 0.2) is 0 Å². The van der Waals surface area contributed by atoms with Crippen molar-refractivity contribution in [2.45, 2.75) is 18.0 Å². The molecule has 0 atom stereocenters. The van der Waals surface area contributed by atoms with Crippen LogP contribution in [0.3, 0.4) is 0 Å². The van der Waals surface area contributed by atoms with Gasteiger partial charge in [-0.05, 0) is 59.7 Å². The van der Waals surface area contributed by atoms with E-state index >= 15 is 0 Å². The fourth-order valence-corrected chi connectivity index (χ4v) is 5.06. The largest absolute Gasteiger partial charge is 0.497 e. The Morgan fingerprint density at radius 3 is 2.20 bits per heavy atom. The number of anilines is 1. The molecule has 7 nitrogen and oxygen atoms in total. The molecule has 1 N–H and O–H groups in total. The standard InChI is InChI=1S/C27H25N3O4S/c1-34-23-11-13-24(14-12-23)35(32,33)30(20-22-7-3-2-4-8-22)26-10-6-5-9-25(26)27(31)29-19-21-15-17-28-18-16-21/h2-18H,19-20H2,1H3,(H,29,31). The van der Waals surface area contributed by atoms with Gasteiger partial charge in [-0.2, -0.15) is 0 Å². The summed E-state index contributed by atoms with van der Waals surface area (Å²) < 4.78 is 34.1. The van der Waals surface area contributed by atoms with E-state index in [1.165, 1.54) is 23.5 Å². The molecule has 8 heteroatoms. The van der Waals surface area contributed by atoms with E-state index in [4.69, 9.17) is 4.74 Å². The number of carbonyl (C=O) groups is 1. The van der Waals surface area contributed by atoms with Gasteiger partial charge >= 0.3 is 0 Å². The molecule has 35 heavy (non-hydrogen) atoms. The van der Waals surface area contributed by atoms with Crippen LogP contribution in [0.15, 0.2) is 108 Å². The number of carbonyl (C=O) groups excluding carboxylic acids is 1. The average Bonchev–Trinajstić information content (AvgIpc) is 2.91. The highest BCUT2D eigenvalue weighted by Gasteiger charge is 2.28. The summed E-state index contributed by atoms with van der Waals surface area (Å²) in [4.78, 5) is 17.3. The summed E-state index contributed by atoms with van der Waals surface area (Å²) in [6.07, 6.45) is 3.30. The van der Waals surface area contributed by atoms with Gasteiger partial charge in [-0.15, -0.1) is 0 Å². The Labute approximate surface area is 205 Å². The van der Waals surface area contributed by atoms with Crippen LogP contribution >= 0.6 is 0 Å². The number of pyridine rings is 1. The first kappa shape index (κ1) is 24.0. The predicted octanol–water partition coefficient (Wildman–Crippen LogP) is 4.42. The number of benzene rings is 3. The molecule has 0 saturated heterocycles. The maximum atomic E-state index is 13.8. The van der Waals surface area contributed by atoms with Gasteiger partial charge in [-0.1, -0.05) is 42.5 Å². The summed E-state index contributed by atoms with van der Waals surface area (Å²) in [7, 11) is -2.49. The van der Waals surface area contributed by atoms with E-state index in [2.05, 4.69) is 10.3 Å². The first-order chi connectivity index (χ1) is 17.0. The molecule has 1 aromatic heterocycles. The first-order valence-corrected chi connectivity index (χ1v) is 12.4. The van der Waals surface area contributed by atoms with Crippen LogP contribution in [0.25, 0.3) is 0 Å². The molecule has 0 spiro atoms. The minimum atomic E-state index is -4.01. The lowest BCUT2D eigenvalue weighted by atomic mass is 10.1. The molecule has 4 rings (SSSR count). The molecule has 0 aliphatic rings. The van der Waals surface area contributed by atoms with E-state index in [-0.39, 0.29) is 22.9 Å². The van der Waals surface area contributed by atoms with E-state index in [0.717, 1.165) is 11.1 Å². The Bertz CT molecular complexity index is 1380. The molecular weight excluding hydrogens is 462 g/mol. The van der Waals surface area contributed by atoms with Gasteiger partial charge in [0, 0.05) is 18.9 Å². The molecule has 0 aliphatic heterocycles. The van der Waals surface area contributed by atoms with Crippen LogP contribution < -0.4 is 14.4 Å². The predicted molar refractivity (Wildman–Crippen MR) is 135 cm³/mol. The molecule has 0 bridgehead atoms. The Morgan fingerprint density at radius 1 is 0.857 bits per heavy atom. The highest BCUT2D eigenvalue weighted by Crippen LogP contribution is 2.30. The zero-order chi connectivity index (χ0) is 24.7. The second kappa shape index (κ2) is 10.8. The summed E-state index contributed by atoms with van der Waals surface area (Å²) in [5.41, 5.74) is 2.23. The van der Waals surface area contributed by atoms with Crippen LogP contribution in [0.2, 0.25) is 0 Å². The third-order valence-electron chi connectivity index (χ3n) is 5.44. The number of rotatable bonds is 9. The van der Waals surface area contributed by atoms with Crippen molar-refractivity contribution in [3.63, 3.8) is 0 Å². The van der Waals surface area contributed by atoms with E-state index in [1.807, 2.05) is 42.5 Å². The quantitative estimate of drug-likeness (QED) is 0.378. The van der Waals surface area contributed by atoms with E-state index in [0.29, 0.717) is 18.0 Å². The molecule has 0 saturated carbocycles. The number of nitrogens with zero attached hydrogens (tertiary/aromatic N) is 2. The number of ether oxygens (including phenoxy) is 1. The van der Waals surface area contributed by atoms with Gasteiger partial charge in [-0.25, -0.2) is 8.42 Å². The van der Waals surface area contributed by atoms with Crippen molar-refractivity contribution in [2.75, 3.05) is 11.4 Å². The Hall–Kier alpha value is -4.17. The van der Waals surface area contributed by atoms with Crippen LogP contribution in [-0.2, 0) is 23.1 Å². The van der Waals surface area contributed by atoms with Gasteiger partial charge in [-0.3, -0.25) is 14.1 Å². The number of sulfonamides is 1. The second-order valence-electron chi connectivity index (χ2n) is 7.73.